The number of benzene rings is 1. The van der Waals surface area contributed by atoms with Crippen LogP contribution in [0.2, 0.25) is 5.02 Å². The number of H-pyrrole nitrogens is 1. The molecule has 0 aliphatic carbocycles. The molecule has 0 spiro atoms. The molecule has 3 aromatic rings. The highest BCUT2D eigenvalue weighted by Crippen LogP contribution is 2.33. The third-order valence-electron chi connectivity index (χ3n) is 5.83. The summed E-state index contributed by atoms with van der Waals surface area (Å²) in [5, 5.41) is 10.0. The molecule has 0 saturated carbocycles. The van der Waals surface area contributed by atoms with Crippen molar-refractivity contribution >= 4 is 34.7 Å². The van der Waals surface area contributed by atoms with Gasteiger partial charge in [0, 0.05) is 25.2 Å². The molecule has 4 rings (SSSR count). The summed E-state index contributed by atoms with van der Waals surface area (Å²) < 4.78 is 19.8. The Bertz CT molecular complexity index is 1170. The van der Waals surface area contributed by atoms with Crippen LogP contribution in [-0.4, -0.2) is 51.5 Å². The van der Waals surface area contributed by atoms with E-state index in [1.165, 1.54) is 6.07 Å². The number of carbonyl (C=O) groups is 1. The Morgan fingerprint density at radius 1 is 1.33 bits per heavy atom. The van der Waals surface area contributed by atoms with Gasteiger partial charge in [0.15, 0.2) is 5.82 Å². The van der Waals surface area contributed by atoms with Crippen LogP contribution < -0.4 is 10.2 Å². The lowest BCUT2D eigenvalue weighted by Gasteiger charge is -2.39. The average Bonchev–Trinajstić information content (AvgIpc) is 3.17. The molecule has 3 heterocycles. The Morgan fingerprint density at radius 2 is 2.06 bits per heavy atom. The van der Waals surface area contributed by atoms with Crippen molar-refractivity contribution in [3.8, 4) is 11.3 Å². The Labute approximate surface area is 196 Å². The van der Waals surface area contributed by atoms with Crippen molar-refractivity contribution in [3.63, 3.8) is 0 Å². The molecule has 8 nitrogen and oxygen atoms in total. The first-order chi connectivity index (χ1) is 15.5. The molecule has 33 heavy (non-hydrogen) atoms. The number of nitrogens with one attached hydrogen (secondary N) is 2. The van der Waals surface area contributed by atoms with Crippen LogP contribution in [0.3, 0.4) is 0 Å². The van der Waals surface area contributed by atoms with Crippen LogP contribution in [-0.2, 0) is 4.74 Å². The first-order valence-corrected chi connectivity index (χ1v) is 11.3. The molecule has 2 N–H and O–H groups in total. The SMILES string of the molecule is CC1(CNC(=O)OC(C)(C)C)CCN(c2cnc3c(-c4cccc(Cl)c4F)[nH]nc3n2)CC1. The van der Waals surface area contributed by atoms with Crippen molar-refractivity contribution in [1.82, 2.24) is 25.5 Å². The highest BCUT2D eigenvalue weighted by atomic mass is 35.5. The summed E-state index contributed by atoms with van der Waals surface area (Å²) in [7, 11) is 0. The Balaban J connectivity index is 1.43. The van der Waals surface area contributed by atoms with Crippen LogP contribution in [0.1, 0.15) is 40.5 Å². The smallest absolute Gasteiger partial charge is 0.407 e. The third-order valence-corrected chi connectivity index (χ3v) is 6.12. The minimum absolute atomic E-state index is 0.0332. The van der Waals surface area contributed by atoms with Gasteiger partial charge in [0.2, 0.25) is 5.65 Å². The minimum atomic E-state index is -0.522. The largest absolute Gasteiger partial charge is 0.444 e. The van der Waals surface area contributed by atoms with Gasteiger partial charge in [-0.05, 0) is 51.2 Å². The van der Waals surface area contributed by atoms with E-state index in [4.69, 9.17) is 16.3 Å². The first kappa shape index (κ1) is 23.2. The van der Waals surface area contributed by atoms with E-state index in [9.17, 15) is 9.18 Å². The molecule has 2 aromatic heterocycles. The Hall–Kier alpha value is -2.94. The number of alkyl carbamates (subject to hydrolysis) is 1. The van der Waals surface area contributed by atoms with Gasteiger partial charge in [-0.1, -0.05) is 24.6 Å². The summed E-state index contributed by atoms with van der Waals surface area (Å²) >= 11 is 5.92. The molecular formula is C23H28ClFN6O2. The van der Waals surface area contributed by atoms with Gasteiger partial charge in [0.05, 0.1) is 16.9 Å². The van der Waals surface area contributed by atoms with Crippen molar-refractivity contribution in [2.75, 3.05) is 24.5 Å². The van der Waals surface area contributed by atoms with Gasteiger partial charge >= 0.3 is 6.09 Å². The number of hydrogen-bond donors (Lipinski definition) is 2. The second kappa shape index (κ2) is 8.78. The van der Waals surface area contributed by atoms with Gasteiger partial charge in [-0.25, -0.2) is 19.2 Å². The summed E-state index contributed by atoms with van der Waals surface area (Å²) in [5.74, 6) is 0.195. The van der Waals surface area contributed by atoms with Crippen LogP contribution in [0.25, 0.3) is 22.4 Å². The first-order valence-electron chi connectivity index (χ1n) is 10.9. The molecule has 1 fully saturated rings. The quantitative estimate of drug-likeness (QED) is 0.555. The average molecular weight is 475 g/mol. The monoisotopic (exact) mass is 474 g/mol. The highest BCUT2D eigenvalue weighted by molar-refractivity contribution is 6.31. The van der Waals surface area contributed by atoms with E-state index in [-0.39, 0.29) is 10.4 Å². The second-order valence-corrected chi connectivity index (χ2v) is 10.2. The fourth-order valence-corrected chi connectivity index (χ4v) is 4.05. The van der Waals surface area contributed by atoms with Crippen molar-refractivity contribution in [3.05, 3.63) is 35.2 Å². The zero-order valence-corrected chi connectivity index (χ0v) is 20.0. The zero-order valence-electron chi connectivity index (χ0n) is 19.2. The third kappa shape index (κ3) is 5.19. The van der Waals surface area contributed by atoms with E-state index in [0.717, 1.165) is 25.9 Å². The van der Waals surface area contributed by atoms with E-state index in [2.05, 4.69) is 37.3 Å². The van der Waals surface area contributed by atoms with Crippen LogP contribution in [0.15, 0.2) is 24.4 Å². The maximum absolute atomic E-state index is 14.5. The Morgan fingerprint density at radius 3 is 2.76 bits per heavy atom. The fraction of sp³-hybridized carbons (Fsp3) is 0.478. The lowest BCUT2D eigenvalue weighted by atomic mass is 9.80. The van der Waals surface area contributed by atoms with Gasteiger partial charge < -0.3 is 15.0 Å². The molecule has 1 aromatic carbocycles. The minimum Gasteiger partial charge on any atom is -0.444 e. The topological polar surface area (TPSA) is 96.0 Å². The van der Waals surface area contributed by atoms with Gasteiger partial charge in [0.1, 0.15) is 16.9 Å². The second-order valence-electron chi connectivity index (χ2n) is 9.75. The molecule has 1 aliphatic heterocycles. The van der Waals surface area contributed by atoms with E-state index in [1.54, 1.807) is 18.3 Å². The van der Waals surface area contributed by atoms with E-state index in [1.807, 2.05) is 20.8 Å². The summed E-state index contributed by atoms with van der Waals surface area (Å²) in [6, 6.07) is 4.80. The van der Waals surface area contributed by atoms with Gasteiger partial charge in [-0.3, -0.25) is 5.10 Å². The number of halogens is 2. The predicted molar refractivity (Wildman–Crippen MR) is 126 cm³/mol. The fourth-order valence-electron chi connectivity index (χ4n) is 3.88. The van der Waals surface area contributed by atoms with Crippen molar-refractivity contribution in [2.45, 2.75) is 46.1 Å². The van der Waals surface area contributed by atoms with E-state index < -0.39 is 17.5 Å². The predicted octanol–water partition coefficient (Wildman–Crippen LogP) is 4.94. The van der Waals surface area contributed by atoms with E-state index in [0.29, 0.717) is 34.8 Å². The number of aromatic nitrogens is 4. The summed E-state index contributed by atoms with van der Waals surface area (Å²) in [6.45, 7) is 9.79. The molecule has 1 saturated heterocycles. The summed E-state index contributed by atoms with van der Waals surface area (Å²) in [5.41, 5.74) is 1.11. The molecule has 0 atom stereocenters. The van der Waals surface area contributed by atoms with Gasteiger partial charge in [0.25, 0.3) is 0 Å². The number of carbonyl (C=O) groups excluding carboxylic acids is 1. The molecule has 1 aliphatic rings. The number of piperidine rings is 1. The van der Waals surface area contributed by atoms with Crippen LogP contribution in [0, 0.1) is 11.2 Å². The lowest BCUT2D eigenvalue weighted by Crippen LogP contribution is -2.46. The number of fused-ring (bicyclic) bond motifs is 1. The molecule has 0 radical (unpaired) electrons. The number of anilines is 1. The van der Waals surface area contributed by atoms with Crippen LogP contribution in [0.4, 0.5) is 15.0 Å². The van der Waals surface area contributed by atoms with Crippen LogP contribution in [0.5, 0.6) is 0 Å². The molecular weight excluding hydrogens is 447 g/mol. The molecule has 0 unspecified atom stereocenters. The molecule has 10 heteroatoms. The van der Waals surface area contributed by atoms with Crippen molar-refractivity contribution in [1.29, 1.82) is 0 Å². The van der Waals surface area contributed by atoms with Gasteiger partial charge in [-0.15, -0.1) is 0 Å². The summed E-state index contributed by atoms with van der Waals surface area (Å²) in [6.07, 6.45) is 3.04. The number of hydrogen-bond acceptors (Lipinski definition) is 6. The molecule has 176 valence electrons. The molecule has 1 amide bonds. The van der Waals surface area contributed by atoms with Gasteiger partial charge in [-0.2, -0.15) is 5.10 Å². The lowest BCUT2D eigenvalue weighted by molar-refractivity contribution is 0.0495. The Kier molecular flexibility index (Phi) is 6.18. The zero-order chi connectivity index (χ0) is 23.8. The van der Waals surface area contributed by atoms with Crippen LogP contribution >= 0.6 is 11.6 Å². The number of rotatable bonds is 4. The molecule has 0 bridgehead atoms. The van der Waals surface area contributed by atoms with Crippen molar-refractivity contribution in [2.24, 2.45) is 5.41 Å². The van der Waals surface area contributed by atoms with E-state index >= 15 is 0 Å². The summed E-state index contributed by atoms with van der Waals surface area (Å²) in [4.78, 5) is 23.3. The number of ether oxygens (including phenoxy) is 1. The van der Waals surface area contributed by atoms with Crippen molar-refractivity contribution < 1.29 is 13.9 Å². The standard InChI is InChI=1S/C23H28ClFN6O2/c1-22(2,3)33-21(32)27-13-23(4)8-10-31(11-9-23)16-12-26-19-18(29-30-20(19)28-16)14-6-5-7-15(24)17(14)25/h5-7,12H,8-11,13H2,1-4H3,(H,27,32)(H,28,29,30). The maximum atomic E-state index is 14.5. The number of nitrogens with zero attached hydrogens (tertiary/aromatic N) is 4. The maximum Gasteiger partial charge on any atom is 0.407 e. The normalized spacial score (nSPS) is 16.1. The highest BCUT2D eigenvalue weighted by Gasteiger charge is 2.32. The number of amides is 1. The number of aromatic amines is 1.